The fraction of sp³-hybridized carbons (Fsp3) is 0.273. The van der Waals surface area contributed by atoms with Gasteiger partial charge in [-0.15, -0.1) is 0 Å². The number of halogens is 1. The predicted molar refractivity (Wildman–Crippen MR) is 60.1 cm³/mol. The van der Waals surface area contributed by atoms with Crippen LogP contribution in [0.4, 0.5) is 5.69 Å². The van der Waals surface area contributed by atoms with Crippen molar-refractivity contribution in [3.05, 3.63) is 28.8 Å². The number of amides is 1. The number of nitrogens with one attached hydrogen (secondary N) is 1. The van der Waals surface area contributed by atoms with E-state index in [0.29, 0.717) is 10.7 Å². The lowest BCUT2D eigenvalue weighted by Crippen LogP contribution is -2.14. The first kappa shape index (κ1) is 11.7. The van der Waals surface area contributed by atoms with Crippen LogP contribution in [0.25, 0.3) is 0 Å². The second-order valence-corrected chi connectivity index (χ2v) is 3.88. The highest BCUT2D eigenvalue weighted by Crippen LogP contribution is 2.18. The molecule has 0 aliphatic heterocycles. The standard InChI is InChI=1S/C11H12ClNO2/c1-7-3-9(12)6-10(4-7)13-11(15)5-8(2)14/h3-4,6H,5H2,1-2H3,(H,13,15). The third kappa shape index (κ3) is 4.13. The van der Waals surface area contributed by atoms with Gasteiger partial charge in [-0.25, -0.2) is 0 Å². The SMILES string of the molecule is CC(=O)CC(=O)Nc1cc(C)cc(Cl)c1. The normalized spacial score (nSPS) is 9.80. The highest BCUT2D eigenvalue weighted by molar-refractivity contribution is 6.31. The molecule has 1 amide bonds. The summed E-state index contributed by atoms with van der Waals surface area (Å²) in [6.45, 7) is 3.26. The largest absolute Gasteiger partial charge is 0.326 e. The van der Waals surface area contributed by atoms with Gasteiger partial charge in [0.05, 0.1) is 6.42 Å². The van der Waals surface area contributed by atoms with Gasteiger partial charge in [-0.05, 0) is 37.6 Å². The molecule has 0 aromatic heterocycles. The molecule has 1 aromatic carbocycles. The van der Waals surface area contributed by atoms with Crippen LogP contribution in [0.15, 0.2) is 18.2 Å². The summed E-state index contributed by atoms with van der Waals surface area (Å²) in [7, 11) is 0. The minimum Gasteiger partial charge on any atom is -0.326 e. The zero-order valence-corrected chi connectivity index (χ0v) is 9.39. The molecule has 0 heterocycles. The van der Waals surface area contributed by atoms with E-state index in [0.717, 1.165) is 5.56 Å². The second-order valence-electron chi connectivity index (χ2n) is 3.44. The van der Waals surface area contributed by atoms with Gasteiger partial charge in [0.1, 0.15) is 5.78 Å². The van der Waals surface area contributed by atoms with Gasteiger partial charge < -0.3 is 5.32 Å². The molecule has 1 aromatic rings. The highest BCUT2D eigenvalue weighted by atomic mass is 35.5. The van der Waals surface area contributed by atoms with Gasteiger partial charge >= 0.3 is 0 Å². The summed E-state index contributed by atoms with van der Waals surface area (Å²) in [5, 5.41) is 3.17. The van der Waals surface area contributed by atoms with Crippen molar-refractivity contribution in [2.45, 2.75) is 20.3 Å². The Kier molecular flexibility index (Phi) is 3.86. The van der Waals surface area contributed by atoms with E-state index in [1.54, 1.807) is 18.2 Å². The number of Topliss-reactive ketones (excluding diaryl/α,β-unsaturated/α-hetero) is 1. The number of carbonyl (C=O) groups excluding carboxylic acids is 2. The van der Waals surface area contributed by atoms with Crippen molar-refractivity contribution in [3.8, 4) is 0 Å². The van der Waals surface area contributed by atoms with Gasteiger partial charge in [-0.3, -0.25) is 9.59 Å². The number of anilines is 1. The summed E-state index contributed by atoms with van der Waals surface area (Å²) < 4.78 is 0. The fourth-order valence-electron chi connectivity index (χ4n) is 1.24. The van der Waals surface area contributed by atoms with E-state index < -0.39 is 0 Å². The first-order chi connectivity index (χ1) is 6.97. The zero-order valence-electron chi connectivity index (χ0n) is 8.63. The number of hydrogen-bond donors (Lipinski definition) is 1. The van der Waals surface area contributed by atoms with Crippen LogP contribution in [0.5, 0.6) is 0 Å². The maximum absolute atomic E-state index is 11.3. The minimum absolute atomic E-state index is 0.106. The minimum atomic E-state index is -0.316. The Morgan fingerprint density at radius 2 is 2.00 bits per heavy atom. The van der Waals surface area contributed by atoms with Crippen molar-refractivity contribution in [2.75, 3.05) is 5.32 Å². The summed E-state index contributed by atoms with van der Waals surface area (Å²) in [5.41, 5.74) is 1.58. The van der Waals surface area contributed by atoms with Crippen molar-refractivity contribution < 1.29 is 9.59 Å². The highest BCUT2D eigenvalue weighted by Gasteiger charge is 2.05. The molecule has 15 heavy (non-hydrogen) atoms. The number of rotatable bonds is 3. The Bertz CT molecular complexity index is 381. The third-order valence-corrected chi connectivity index (χ3v) is 1.95. The van der Waals surface area contributed by atoms with Gasteiger partial charge in [-0.1, -0.05) is 11.6 Å². The van der Waals surface area contributed by atoms with E-state index >= 15 is 0 Å². The Morgan fingerprint density at radius 3 is 2.53 bits per heavy atom. The molecule has 0 aliphatic rings. The quantitative estimate of drug-likeness (QED) is 0.804. The summed E-state index contributed by atoms with van der Waals surface area (Å²) in [6, 6.07) is 5.23. The number of benzene rings is 1. The van der Waals surface area contributed by atoms with Gasteiger partial charge in [0, 0.05) is 10.7 Å². The molecule has 4 heteroatoms. The Morgan fingerprint density at radius 1 is 1.33 bits per heavy atom. The molecule has 0 bridgehead atoms. The number of aryl methyl sites for hydroxylation is 1. The zero-order chi connectivity index (χ0) is 11.4. The van der Waals surface area contributed by atoms with E-state index in [1.165, 1.54) is 6.92 Å². The average molecular weight is 226 g/mol. The Hall–Kier alpha value is -1.35. The molecule has 0 unspecified atom stereocenters. The molecule has 0 saturated carbocycles. The summed E-state index contributed by atoms with van der Waals surface area (Å²) in [4.78, 5) is 22.0. The maximum Gasteiger partial charge on any atom is 0.231 e. The van der Waals surface area contributed by atoms with E-state index in [1.807, 2.05) is 6.92 Å². The molecule has 3 nitrogen and oxygen atoms in total. The molecule has 0 atom stereocenters. The van der Waals surface area contributed by atoms with Crippen molar-refractivity contribution >= 4 is 29.0 Å². The van der Waals surface area contributed by atoms with Crippen LogP contribution in [0, 0.1) is 6.92 Å². The van der Waals surface area contributed by atoms with Crippen molar-refractivity contribution in [1.29, 1.82) is 0 Å². The van der Waals surface area contributed by atoms with E-state index in [2.05, 4.69) is 5.32 Å². The van der Waals surface area contributed by atoms with E-state index in [4.69, 9.17) is 11.6 Å². The average Bonchev–Trinajstić information content (AvgIpc) is 1.98. The topological polar surface area (TPSA) is 46.2 Å². The lowest BCUT2D eigenvalue weighted by atomic mass is 10.2. The predicted octanol–water partition coefficient (Wildman–Crippen LogP) is 2.57. The van der Waals surface area contributed by atoms with Crippen LogP contribution in [0.1, 0.15) is 18.9 Å². The second kappa shape index (κ2) is 4.94. The maximum atomic E-state index is 11.3. The van der Waals surface area contributed by atoms with Crippen molar-refractivity contribution in [3.63, 3.8) is 0 Å². The molecule has 80 valence electrons. The fourth-order valence-corrected chi connectivity index (χ4v) is 1.53. The van der Waals surface area contributed by atoms with Crippen LogP contribution in [0.3, 0.4) is 0 Å². The van der Waals surface area contributed by atoms with Gasteiger partial charge in [0.15, 0.2) is 0 Å². The smallest absolute Gasteiger partial charge is 0.231 e. The molecular formula is C11H12ClNO2. The molecule has 0 saturated heterocycles. The van der Waals surface area contributed by atoms with Crippen molar-refractivity contribution in [1.82, 2.24) is 0 Å². The van der Waals surface area contributed by atoms with Crippen LogP contribution in [-0.4, -0.2) is 11.7 Å². The van der Waals surface area contributed by atoms with E-state index in [9.17, 15) is 9.59 Å². The lowest BCUT2D eigenvalue weighted by Gasteiger charge is -2.05. The number of carbonyl (C=O) groups is 2. The summed E-state index contributed by atoms with van der Waals surface area (Å²) >= 11 is 5.82. The summed E-state index contributed by atoms with van der Waals surface area (Å²) in [6.07, 6.45) is -0.106. The number of hydrogen-bond acceptors (Lipinski definition) is 2. The van der Waals surface area contributed by atoms with Gasteiger partial charge in [0.25, 0.3) is 0 Å². The van der Waals surface area contributed by atoms with Crippen molar-refractivity contribution in [2.24, 2.45) is 0 Å². The van der Waals surface area contributed by atoms with Crippen LogP contribution >= 0.6 is 11.6 Å². The number of ketones is 1. The third-order valence-electron chi connectivity index (χ3n) is 1.74. The Balaban J connectivity index is 2.72. The van der Waals surface area contributed by atoms with Crippen LogP contribution in [-0.2, 0) is 9.59 Å². The lowest BCUT2D eigenvalue weighted by molar-refractivity contribution is -0.124. The van der Waals surface area contributed by atoms with Gasteiger partial charge in [-0.2, -0.15) is 0 Å². The molecule has 0 radical (unpaired) electrons. The molecule has 0 spiro atoms. The monoisotopic (exact) mass is 225 g/mol. The molecule has 0 aliphatic carbocycles. The molecule has 0 fully saturated rings. The first-order valence-corrected chi connectivity index (χ1v) is 4.91. The molecule has 1 rings (SSSR count). The van der Waals surface area contributed by atoms with E-state index in [-0.39, 0.29) is 18.1 Å². The van der Waals surface area contributed by atoms with Gasteiger partial charge in [0.2, 0.25) is 5.91 Å². The van der Waals surface area contributed by atoms with Crippen LogP contribution in [0.2, 0.25) is 5.02 Å². The summed E-state index contributed by atoms with van der Waals surface area (Å²) in [5.74, 6) is -0.476. The molecular weight excluding hydrogens is 214 g/mol. The first-order valence-electron chi connectivity index (χ1n) is 4.54. The molecule has 1 N–H and O–H groups in total. The Labute approximate surface area is 93.4 Å². The van der Waals surface area contributed by atoms with Crippen LogP contribution < -0.4 is 5.32 Å².